The maximum absolute atomic E-state index is 12.8. The number of allylic oxidation sites excluding steroid dienone is 6. The van der Waals surface area contributed by atoms with Crippen molar-refractivity contribution in [2.45, 2.75) is 213 Å². The SMILES string of the molecule is CCCC/C=C\CCC(CC/C=C\CCCC)OC(=O)CCCCCCCN(CCCCCCC(=O)OCCC/C=C\CCCCC)CCOC(=O)C1CCN(C)CC1. The molecular formula is C51H92N2O6. The molecule has 8 nitrogen and oxygen atoms in total. The zero-order valence-corrected chi connectivity index (χ0v) is 38.9. The summed E-state index contributed by atoms with van der Waals surface area (Å²) in [4.78, 5) is 42.5. The predicted octanol–water partition coefficient (Wildman–Crippen LogP) is 12.9. The molecule has 59 heavy (non-hydrogen) atoms. The predicted molar refractivity (Wildman–Crippen MR) is 248 cm³/mol. The molecule has 0 atom stereocenters. The van der Waals surface area contributed by atoms with Gasteiger partial charge >= 0.3 is 17.9 Å². The van der Waals surface area contributed by atoms with Crippen molar-refractivity contribution < 1.29 is 28.6 Å². The lowest BCUT2D eigenvalue weighted by atomic mass is 9.97. The van der Waals surface area contributed by atoms with Crippen molar-refractivity contribution in [1.29, 1.82) is 0 Å². The van der Waals surface area contributed by atoms with Crippen LogP contribution < -0.4 is 0 Å². The Labute approximate surface area is 363 Å². The molecule has 1 heterocycles. The van der Waals surface area contributed by atoms with E-state index >= 15 is 0 Å². The van der Waals surface area contributed by atoms with Gasteiger partial charge < -0.3 is 19.1 Å². The average molecular weight is 829 g/mol. The summed E-state index contributed by atoms with van der Waals surface area (Å²) in [6.07, 6.45) is 43.2. The molecule has 8 heteroatoms. The van der Waals surface area contributed by atoms with Gasteiger partial charge in [-0.2, -0.15) is 0 Å². The van der Waals surface area contributed by atoms with Crippen LogP contribution in [0.25, 0.3) is 0 Å². The van der Waals surface area contributed by atoms with Crippen molar-refractivity contribution in [2.75, 3.05) is 53.0 Å². The van der Waals surface area contributed by atoms with Crippen LogP contribution in [0.15, 0.2) is 36.5 Å². The molecule has 1 aliphatic rings. The topological polar surface area (TPSA) is 85.4 Å². The van der Waals surface area contributed by atoms with Gasteiger partial charge in [0.1, 0.15) is 12.7 Å². The second kappa shape index (κ2) is 40.9. The summed E-state index contributed by atoms with van der Waals surface area (Å²) < 4.78 is 17.2. The molecule has 0 aliphatic carbocycles. The van der Waals surface area contributed by atoms with Gasteiger partial charge in [-0.05, 0) is 136 Å². The number of unbranched alkanes of at least 4 members (excludes halogenated alkanes) is 15. The van der Waals surface area contributed by atoms with Crippen molar-refractivity contribution in [1.82, 2.24) is 9.80 Å². The lowest BCUT2D eigenvalue weighted by Crippen LogP contribution is -2.35. The monoisotopic (exact) mass is 829 g/mol. The zero-order valence-electron chi connectivity index (χ0n) is 38.9. The summed E-state index contributed by atoms with van der Waals surface area (Å²) in [7, 11) is 2.11. The van der Waals surface area contributed by atoms with Crippen LogP contribution in [-0.2, 0) is 28.6 Å². The highest BCUT2D eigenvalue weighted by Gasteiger charge is 2.24. The fourth-order valence-electron chi connectivity index (χ4n) is 7.46. The van der Waals surface area contributed by atoms with Crippen molar-refractivity contribution in [3.8, 4) is 0 Å². The molecule has 0 amide bonds. The Morgan fingerprint density at radius 1 is 0.542 bits per heavy atom. The summed E-state index contributed by atoms with van der Waals surface area (Å²) in [5, 5.41) is 0. The molecule has 0 N–H and O–H groups in total. The van der Waals surface area contributed by atoms with Crippen molar-refractivity contribution in [2.24, 2.45) is 5.92 Å². The first-order chi connectivity index (χ1) is 28.9. The number of rotatable bonds is 40. The van der Waals surface area contributed by atoms with E-state index in [0.717, 1.165) is 161 Å². The van der Waals surface area contributed by atoms with E-state index in [2.05, 4.69) is 74.1 Å². The van der Waals surface area contributed by atoms with Gasteiger partial charge in [-0.15, -0.1) is 0 Å². The van der Waals surface area contributed by atoms with Crippen LogP contribution in [0.2, 0.25) is 0 Å². The van der Waals surface area contributed by atoms with Crippen LogP contribution >= 0.6 is 0 Å². The third-order valence-corrected chi connectivity index (χ3v) is 11.5. The Morgan fingerprint density at radius 3 is 1.61 bits per heavy atom. The highest BCUT2D eigenvalue weighted by atomic mass is 16.5. The molecule has 0 bridgehead atoms. The van der Waals surface area contributed by atoms with Gasteiger partial charge in [-0.25, -0.2) is 0 Å². The first kappa shape index (κ1) is 54.6. The van der Waals surface area contributed by atoms with Crippen LogP contribution in [0.5, 0.6) is 0 Å². The summed E-state index contributed by atoms with van der Waals surface area (Å²) in [5.74, 6) is -0.128. The highest BCUT2D eigenvalue weighted by Crippen LogP contribution is 2.18. The Bertz CT molecular complexity index is 1060. The number of carbonyl (C=O) groups is 3. The Balaban J connectivity index is 2.39. The van der Waals surface area contributed by atoms with Gasteiger partial charge in [-0.3, -0.25) is 19.3 Å². The van der Waals surface area contributed by atoms with E-state index in [4.69, 9.17) is 14.2 Å². The van der Waals surface area contributed by atoms with Gasteiger partial charge in [0.05, 0.1) is 12.5 Å². The number of nitrogens with zero attached hydrogens (tertiary/aromatic N) is 2. The lowest BCUT2D eigenvalue weighted by Gasteiger charge is -2.28. The van der Waals surface area contributed by atoms with Gasteiger partial charge in [0, 0.05) is 19.4 Å². The van der Waals surface area contributed by atoms with E-state index < -0.39 is 0 Å². The van der Waals surface area contributed by atoms with Gasteiger partial charge in [0.25, 0.3) is 0 Å². The number of hydrogen-bond donors (Lipinski definition) is 0. The normalized spacial score (nSPS) is 14.1. The van der Waals surface area contributed by atoms with Crippen LogP contribution in [-0.4, -0.2) is 86.8 Å². The van der Waals surface area contributed by atoms with Crippen molar-refractivity contribution in [3.63, 3.8) is 0 Å². The molecule has 0 spiro atoms. The fourth-order valence-corrected chi connectivity index (χ4v) is 7.46. The molecule has 0 saturated carbocycles. The Hall–Kier alpha value is -2.45. The molecule has 0 radical (unpaired) electrons. The van der Waals surface area contributed by atoms with E-state index in [9.17, 15) is 14.4 Å². The first-order valence-electron chi connectivity index (χ1n) is 24.8. The van der Waals surface area contributed by atoms with Crippen molar-refractivity contribution in [3.05, 3.63) is 36.5 Å². The number of ether oxygens (including phenoxy) is 3. The largest absolute Gasteiger partial charge is 0.466 e. The smallest absolute Gasteiger partial charge is 0.309 e. The van der Waals surface area contributed by atoms with Gasteiger partial charge in [0.2, 0.25) is 0 Å². The molecule has 0 aromatic heterocycles. The highest BCUT2D eigenvalue weighted by molar-refractivity contribution is 5.72. The molecule has 1 aliphatic heterocycles. The molecule has 1 fully saturated rings. The minimum atomic E-state index is -0.0756. The van der Waals surface area contributed by atoms with Crippen LogP contribution in [0.1, 0.15) is 207 Å². The summed E-state index contributed by atoms with van der Waals surface area (Å²) in [6.45, 7) is 12.2. The third kappa shape index (κ3) is 34.9. The molecule has 0 unspecified atom stereocenters. The van der Waals surface area contributed by atoms with Crippen LogP contribution in [0.4, 0.5) is 0 Å². The zero-order chi connectivity index (χ0) is 42.9. The Kier molecular flexibility index (Phi) is 37.9. The number of hydrogen-bond acceptors (Lipinski definition) is 8. The van der Waals surface area contributed by atoms with Crippen molar-refractivity contribution >= 4 is 17.9 Å². The van der Waals surface area contributed by atoms with E-state index in [1.54, 1.807) is 0 Å². The summed E-state index contributed by atoms with van der Waals surface area (Å²) >= 11 is 0. The minimum absolute atomic E-state index is 0.00676. The van der Waals surface area contributed by atoms with Gasteiger partial charge in [0.15, 0.2) is 0 Å². The molecule has 1 saturated heterocycles. The molecule has 0 aromatic rings. The van der Waals surface area contributed by atoms with Crippen LogP contribution in [0.3, 0.4) is 0 Å². The Morgan fingerprint density at radius 2 is 1.03 bits per heavy atom. The number of esters is 3. The maximum atomic E-state index is 12.8. The standard InChI is InChI=1S/C51H92N2O6/c1-5-8-11-14-17-18-26-33-45-57-49(54)36-29-23-25-32-41-53(44-46-58-51(56)47-38-42-52(4)43-39-47)40-31-24-19-22-30-37-50(55)59-48(34-27-20-15-12-9-6-2)35-28-21-16-13-10-7-3/h15-18,20-21,47-48H,5-14,19,22-46H2,1-4H3/b18-17-,20-15-,21-16-. The lowest BCUT2D eigenvalue weighted by molar-refractivity contribution is -0.151. The minimum Gasteiger partial charge on any atom is -0.466 e. The average Bonchev–Trinajstić information content (AvgIpc) is 3.23. The number of piperidine rings is 1. The van der Waals surface area contributed by atoms with E-state index in [1.165, 1.54) is 44.9 Å². The number of carbonyl (C=O) groups excluding carboxylic acids is 3. The second-order valence-electron chi connectivity index (χ2n) is 17.1. The first-order valence-corrected chi connectivity index (χ1v) is 24.8. The third-order valence-electron chi connectivity index (χ3n) is 11.5. The maximum Gasteiger partial charge on any atom is 0.309 e. The molecule has 0 aromatic carbocycles. The molecule has 1 rings (SSSR count). The molecular weight excluding hydrogens is 737 g/mol. The molecule has 342 valence electrons. The summed E-state index contributed by atoms with van der Waals surface area (Å²) in [6, 6.07) is 0. The second-order valence-corrected chi connectivity index (χ2v) is 17.1. The van der Waals surface area contributed by atoms with E-state index in [-0.39, 0.29) is 29.9 Å². The fraction of sp³-hybridized carbons (Fsp3) is 0.824. The summed E-state index contributed by atoms with van der Waals surface area (Å²) in [5.41, 5.74) is 0. The van der Waals surface area contributed by atoms with E-state index in [1.807, 2.05) is 0 Å². The van der Waals surface area contributed by atoms with E-state index in [0.29, 0.717) is 26.1 Å². The number of likely N-dealkylation sites (tertiary alicyclic amines) is 1. The van der Waals surface area contributed by atoms with Gasteiger partial charge in [-0.1, -0.05) is 128 Å². The van der Waals surface area contributed by atoms with Crippen LogP contribution in [0, 0.1) is 5.92 Å². The quantitative estimate of drug-likeness (QED) is 0.0261.